The predicted molar refractivity (Wildman–Crippen MR) is 136 cm³/mol. The van der Waals surface area contributed by atoms with E-state index in [-0.39, 0.29) is 23.9 Å². The molecule has 1 aromatic carbocycles. The quantitative estimate of drug-likeness (QED) is 0.395. The number of hydrogen-bond donors (Lipinski definition) is 2. The number of nitrogens with zero attached hydrogens (tertiary/aromatic N) is 3. The van der Waals surface area contributed by atoms with Crippen molar-refractivity contribution in [1.82, 2.24) is 19.8 Å². The number of benzene rings is 1. The summed E-state index contributed by atoms with van der Waals surface area (Å²) < 4.78 is 70.5. The van der Waals surface area contributed by atoms with Crippen LogP contribution in [0, 0.1) is 5.41 Å². The zero-order valence-electron chi connectivity index (χ0n) is 22.8. The summed E-state index contributed by atoms with van der Waals surface area (Å²) in [5.41, 5.74) is 3.94. The lowest BCUT2D eigenvalue weighted by atomic mass is 9.90. The van der Waals surface area contributed by atoms with Crippen molar-refractivity contribution >= 4 is 16.6 Å². The second-order valence-corrected chi connectivity index (χ2v) is 10.8. The van der Waals surface area contributed by atoms with Crippen molar-refractivity contribution in [2.75, 3.05) is 38.1 Å². The molecule has 37 heavy (non-hydrogen) atoms. The molecule has 0 amide bonds. The van der Waals surface area contributed by atoms with Crippen LogP contribution in [-0.2, 0) is 6.42 Å². The van der Waals surface area contributed by atoms with Crippen molar-refractivity contribution in [2.45, 2.75) is 56.9 Å². The molecule has 2 N–H and O–H groups in total. The maximum Gasteiger partial charge on any atom is 0.401 e. The van der Waals surface area contributed by atoms with E-state index >= 15 is 0 Å². The minimum atomic E-state index is -4.35. The van der Waals surface area contributed by atoms with Crippen LogP contribution in [0.5, 0.6) is 0 Å². The molecule has 5 nitrogen and oxygen atoms in total. The molecule has 198 valence electrons. The lowest BCUT2D eigenvalue weighted by Crippen LogP contribution is -2.47. The summed E-state index contributed by atoms with van der Waals surface area (Å²) in [6, 6.07) is 10.4. The Morgan fingerprint density at radius 1 is 1.22 bits per heavy atom. The maximum absolute atomic E-state index is 13.7. The monoisotopic (exact) mass is 517 g/mol. The third-order valence-corrected chi connectivity index (χ3v) is 8.26. The van der Waals surface area contributed by atoms with Crippen LogP contribution in [-0.4, -0.2) is 70.8 Å². The molecule has 2 fully saturated rings. The molecule has 9 heteroatoms. The van der Waals surface area contributed by atoms with Crippen molar-refractivity contribution in [2.24, 2.45) is 5.41 Å². The van der Waals surface area contributed by atoms with Crippen LogP contribution < -0.4 is 5.32 Å². The summed E-state index contributed by atoms with van der Waals surface area (Å²) in [6.45, 7) is -0.549. The number of rotatable bonds is 7. The molecule has 0 radical (unpaired) electrons. The number of nitrogens with one attached hydrogen (secondary N) is 2. The van der Waals surface area contributed by atoms with Gasteiger partial charge in [0.25, 0.3) is 0 Å². The lowest BCUT2D eigenvalue weighted by Gasteiger charge is -2.40. The number of halogens is 4. The third kappa shape index (κ3) is 4.72. The molecule has 1 aliphatic carbocycles. The smallest absolute Gasteiger partial charge is 0.379 e. The highest BCUT2D eigenvalue weighted by Crippen LogP contribution is 2.53. The van der Waals surface area contributed by atoms with E-state index in [1.54, 1.807) is 17.2 Å². The molecule has 6 rings (SSSR count). The zero-order valence-corrected chi connectivity index (χ0v) is 20.8. The van der Waals surface area contributed by atoms with Crippen LogP contribution in [0.2, 0.25) is 0 Å². The van der Waals surface area contributed by atoms with Gasteiger partial charge < -0.3 is 15.2 Å². The Morgan fingerprint density at radius 2 is 2.03 bits per heavy atom. The number of H-pyrrole nitrogens is 1. The Labute approximate surface area is 217 Å². The highest BCUT2D eigenvalue weighted by Gasteiger charge is 2.54. The zero-order chi connectivity index (χ0) is 27.6. The molecule has 2 aliphatic heterocycles. The highest BCUT2D eigenvalue weighted by molar-refractivity contribution is 5.85. The number of likely N-dealkylation sites (tertiary alicyclic amines) is 1. The van der Waals surface area contributed by atoms with Gasteiger partial charge in [-0.3, -0.25) is 14.3 Å². The largest absolute Gasteiger partial charge is 0.401 e. The van der Waals surface area contributed by atoms with E-state index in [0.717, 1.165) is 40.7 Å². The van der Waals surface area contributed by atoms with Gasteiger partial charge >= 0.3 is 6.18 Å². The van der Waals surface area contributed by atoms with Gasteiger partial charge in [0.2, 0.25) is 0 Å². The molecule has 0 bridgehead atoms. The maximum atomic E-state index is 13.7. The number of aromatic nitrogens is 2. The Bertz CT molecular complexity index is 1340. The average molecular weight is 518 g/mol. The summed E-state index contributed by atoms with van der Waals surface area (Å²) >= 11 is 0. The molecule has 2 aromatic heterocycles. The number of anilines is 1. The molecule has 1 spiro atoms. The summed E-state index contributed by atoms with van der Waals surface area (Å²) in [6.07, 6.45) is -0.366. The van der Waals surface area contributed by atoms with Gasteiger partial charge in [0.05, 0.1) is 36.8 Å². The fourth-order valence-electron chi connectivity index (χ4n) is 6.29. The van der Waals surface area contributed by atoms with E-state index in [1.807, 2.05) is 37.3 Å². The Hall–Kier alpha value is -2.65. The molecule has 4 heterocycles. The number of aromatic amines is 1. The molecule has 3 aromatic rings. The fraction of sp³-hybridized carbons (Fsp3) is 0.536. The SMILES string of the molecule is [2H]C([2H])(CCF)N1C[C@@H](Nc2ccc([C@@H]3c4[nH]c5ccccc5c4C[C@@H](C)N3CC(F)(F)F)nc2)C2(CC2)C1. The topological polar surface area (TPSA) is 47.2 Å². The number of alkyl halides is 4. The first-order valence-electron chi connectivity index (χ1n) is 14.0. The van der Waals surface area contributed by atoms with Crippen molar-refractivity contribution < 1.29 is 20.3 Å². The van der Waals surface area contributed by atoms with Crippen LogP contribution in [0.1, 0.15) is 51.9 Å². The van der Waals surface area contributed by atoms with E-state index in [1.165, 1.54) is 4.90 Å². The summed E-state index contributed by atoms with van der Waals surface area (Å²) in [7, 11) is 0. The minimum absolute atomic E-state index is 0.00317. The van der Waals surface area contributed by atoms with Crippen LogP contribution >= 0.6 is 0 Å². The van der Waals surface area contributed by atoms with Crippen molar-refractivity contribution in [3.05, 3.63) is 59.5 Å². The third-order valence-electron chi connectivity index (χ3n) is 8.26. The van der Waals surface area contributed by atoms with Gasteiger partial charge in [0.1, 0.15) is 0 Å². The number of pyridine rings is 1. The van der Waals surface area contributed by atoms with Crippen molar-refractivity contribution in [3.63, 3.8) is 0 Å². The van der Waals surface area contributed by atoms with Gasteiger partial charge in [-0.25, -0.2) is 0 Å². The van der Waals surface area contributed by atoms with E-state index in [9.17, 15) is 17.6 Å². The second kappa shape index (κ2) is 9.27. The molecular weight excluding hydrogens is 482 g/mol. The van der Waals surface area contributed by atoms with E-state index in [4.69, 9.17) is 2.74 Å². The molecular formula is C28H33F4N5. The summed E-state index contributed by atoms with van der Waals surface area (Å²) in [4.78, 5) is 11.3. The van der Waals surface area contributed by atoms with Gasteiger partial charge in [-0.1, -0.05) is 18.2 Å². The standard InChI is InChI=1S/C28H33F4N5/c1-18-13-21-20-5-2-3-6-22(20)35-25(21)26(37(18)17-28(30,31)32)23-8-7-19(14-33-23)34-24-15-36(12-4-11-29)16-27(24)9-10-27/h2-3,5-8,14,18,24,26,34-35H,4,9-13,15-17H2,1H3/t18-,24-,26-/m1/s1/i12D2. The van der Waals surface area contributed by atoms with Crippen LogP contribution in [0.4, 0.5) is 23.2 Å². The van der Waals surface area contributed by atoms with Gasteiger partial charge in [-0.2, -0.15) is 13.2 Å². The van der Waals surface area contributed by atoms with Crippen LogP contribution in [0.3, 0.4) is 0 Å². The fourth-order valence-corrected chi connectivity index (χ4v) is 6.29. The first-order chi connectivity index (χ1) is 18.5. The first-order valence-corrected chi connectivity index (χ1v) is 13.0. The Balaban J connectivity index is 1.28. The number of hydrogen-bond acceptors (Lipinski definition) is 4. The normalized spacial score (nSPS) is 26.8. The van der Waals surface area contributed by atoms with Gasteiger partial charge in [0, 0.05) is 56.4 Å². The van der Waals surface area contributed by atoms with Crippen molar-refractivity contribution in [1.29, 1.82) is 0 Å². The van der Waals surface area contributed by atoms with E-state index in [2.05, 4.69) is 15.3 Å². The van der Waals surface area contributed by atoms with E-state index < -0.39 is 31.9 Å². The van der Waals surface area contributed by atoms with Crippen LogP contribution in [0.25, 0.3) is 10.9 Å². The van der Waals surface area contributed by atoms with Gasteiger partial charge in [-0.15, -0.1) is 0 Å². The first kappa shape index (κ1) is 22.3. The van der Waals surface area contributed by atoms with Gasteiger partial charge in [-0.05, 0) is 56.4 Å². The molecule has 3 aliphatic rings. The number of para-hydroxylation sites is 1. The van der Waals surface area contributed by atoms with Crippen molar-refractivity contribution in [3.8, 4) is 0 Å². The lowest BCUT2D eigenvalue weighted by molar-refractivity contribution is -0.155. The molecule has 0 unspecified atom stereocenters. The summed E-state index contributed by atoms with van der Waals surface area (Å²) in [5, 5.41) is 4.53. The predicted octanol–water partition coefficient (Wildman–Crippen LogP) is 5.70. The molecule has 3 atom stereocenters. The molecule has 1 saturated carbocycles. The van der Waals surface area contributed by atoms with E-state index in [0.29, 0.717) is 25.2 Å². The van der Waals surface area contributed by atoms with Crippen LogP contribution in [0.15, 0.2) is 42.6 Å². The van der Waals surface area contributed by atoms with Gasteiger partial charge in [0.15, 0.2) is 0 Å². The highest BCUT2D eigenvalue weighted by atomic mass is 19.4. The molecule has 1 saturated heterocycles. The Morgan fingerprint density at radius 3 is 2.73 bits per heavy atom. The summed E-state index contributed by atoms with van der Waals surface area (Å²) in [5.74, 6) is 0. The minimum Gasteiger partial charge on any atom is -0.379 e. The average Bonchev–Trinajstić information content (AvgIpc) is 3.43. The Kier molecular flexibility index (Phi) is 5.60. The second-order valence-electron chi connectivity index (χ2n) is 10.8. The number of fused-ring (bicyclic) bond motifs is 3.